The Morgan fingerprint density at radius 1 is 1.50 bits per heavy atom. The maximum atomic E-state index is 11.2. The van der Waals surface area contributed by atoms with Gasteiger partial charge in [-0.05, 0) is 36.6 Å². The number of benzene rings is 1. The first-order valence-electron chi connectivity index (χ1n) is 6.78. The van der Waals surface area contributed by atoms with Crippen molar-refractivity contribution in [2.45, 2.75) is 25.3 Å². The highest BCUT2D eigenvalue weighted by molar-refractivity contribution is 7.88. The highest BCUT2D eigenvalue weighted by atomic mass is 35.5. The highest BCUT2D eigenvalue weighted by Crippen LogP contribution is 2.22. The monoisotopic (exact) mass is 316 g/mol. The molecule has 1 heterocycles. The van der Waals surface area contributed by atoms with E-state index in [1.807, 2.05) is 18.2 Å². The van der Waals surface area contributed by atoms with Gasteiger partial charge in [0, 0.05) is 24.2 Å². The summed E-state index contributed by atoms with van der Waals surface area (Å²) >= 11 is 6.01. The lowest BCUT2D eigenvalue weighted by atomic mass is 10.0. The minimum Gasteiger partial charge on any atom is -0.301 e. The molecule has 0 saturated carbocycles. The van der Waals surface area contributed by atoms with Crippen LogP contribution in [-0.2, 0) is 10.0 Å². The zero-order valence-corrected chi connectivity index (χ0v) is 13.4. The number of hydrogen-bond acceptors (Lipinski definition) is 3. The quantitative estimate of drug-likeness (QED) is 0.904. The van der Waals surface area contributed by atoms with Crippen molar-refractivity contribution in [1.82, 2.24) is 9.62 Å². The molecule has 1 fully saturated rings. The third-order valence-electron chi connectivity index (χ3n) is 3.60. The summed E-state index contributed by atoms with van der Waals surface area (Å²) in [7, 11) is -3.11. The molecule has 2 atom stereocenters. The summed E-state index contributed by atoms with van der Waals surface area (Å²) < 4.78 is 25.1. The largest absolute Gasteiger partial charge is 0.301 e. The van der Waals surface area contributed by atoms with Crippen molar-refractivity contribution in [3.63, 3.8) is 0 Å². The summed E-state index contributed by atoms with van der Waals surface area (Å²) in [5, 5.41) is 0.757. The Kier molecular flexibility index (Phi) is 5.07. The molecule has 4 nitrogen and oxygen atoms in total. The van der Waals surface area contributed by atoms with Crippen molar-refractivity contribution in [1.29, 1.82) is 0 Å². The molecule has 2 unspecified atom stereocenters. The van der Waals surface area contributed by atoms with Gasteiger partial charge in [0.25, 0.3) is 0 Å². The number of likely N-dealkylation sites (tertiary alicyclic amines) is 1. The van der Waals surface area contributed by atoms with Gasteiger partial charge in [-0.3, -0.25) is 0 Å². The molecular formula is C14H21ClN2O2S. The van der Waals surface area contributed by atoms with Gasteiger partial charge in [-0.1, -0.05) is 30.7 Å². The molecule has 0 radical (unpaired) electrons. The van der Waals surface area contributed by atoms with Crippen molar-refractivity contribution in [2.75, 3.05) is 25.9 Å². The molecule has 1 aromatic carbocycles. The summed E-state index contributed by atoms with van der Waals surface area (Å²) in [6.45, 7) is 4.79. The average Bonchev–Trinajstić information content (AvgIpc) is 2.74. The Labute approximate surface area is 126 Å². The van der Waals surface area contributed by atoms with Gasteiger partial charge < -0.3 is 4.90 Å². The van der Waals surface area contributed by atoms with Gasteiger partial charge >= 0.3 is 0 Å². The van der Waals surface area contributed by atoms with Gasteiger partial charge in [0.15, 0.2) is 0 Å². The molecule has 1 aromatic rings. The molecule has 0 spiro atoms. The van der Waals surface area contributed by atoms with Crippen LogP contribution in [0.15, 0.2) is 24.3 Å². The molecule has 2 rings (SSSR count). The number of rotatable bonds is 5. The normalized spacial score (nSPS) is 22.1. The number of halogens is 1. The van der Waals surface area contributed by atoms with Crippen LogP contribution < -0.4 is 4.72 Å². The van der Waals surface area contributed by atoms with Crippen LogP contribution in [0.25, 0.3) is 0 Å². The molecule has 0 amide bonds. The molecule has 0 aromatic heterocycles. The summed E-state index contributed by atoms with van der Waals surface area (Å²) in [4.78, 5) is 2.30. The van der Waals surface area contributed by atoms with Crippen LogP contribution in [0.3, 0.4) is 0 Å². The van der Waals surface area contributed by atoms with Crippen LogP contribution in [0.2, 0.25) is 5.02 Å². The Morgan fingerprint density at radius 2 is 2.25 bits per heavy atom. The van der Waals surface area contributed by atoms with E-state index in [0.29, 0.717) is 5.92 Å². The van der Waals surface area contributed by atoms with Crippen LogP contribution in [-0.4, -0.2) is 45.2 Å². The van der Waals surface area contributed by atoms with Gasteiger partial charge in [0.1, 0.15) is 0 Å². The number of hydrogen-bond donors (Lipinski definition) is 1. The van der Waals surface area contributed by atoms with E-state index >= 15 is 0 Å². The van der Waals surface area contributed by atoms with Crippen LogP contribution in [0, 0.1) is 0 Å². The van der Waals surface area contributed by atoms with Gasteiger partial charge in [0.05, 0.1) is 6.26 Å². The first-order chi connectivity index (χ1) is 9.33. The zero-order chi connectivity index (χ0) is 14.8. The van der Waals surface area contributed by atoms with Crippen molar-refractivity contribution in [3.8, 4) is 0 Å². The molecule has 6 heteroatoms. The first kappa shape index (κ1) is 15.8. The molecule has 1 saturated heterocycles. The fourth-order valence-electron chi connectivity index (χ4n) is 2.70. The van der Waals surface area contributed by atoms with Crippen molar-refractivity contribution in [2.24, 2.45) is 0 Å². The van der Waals surface area contributed by atoms with E-state index < -0.39 is 10.0 Å². The summed E-state index contributed by atoms with van der Waals surface area (Å²) in [6.07, 6.45) is 2.08. The van der Waals surface area contributed by atoms with Crippen molar-refractivity contribution in [3.05, 3.63) is 34.9 Å². The maximum Gasteiger partial charge on any atom is 0.208 e. The number of sulfonamides is 1. The van der Waals surface area contributed by atoms with Crippen LogP contribution in [0.4, 0.5) is 0 Å². The predicted molar refractivity (Wildman–Crippen MR) is 82.7 cm³/mol. The Balaban J connectivity index is 1.89. The Hall–Kier alpha value is -0.620. The van der Waals surface area contributed by atoms with E-state index in [1.165, 1.54) is 11.8 Å². The second-order valence-electron chi connectivity index (χ2n) is 5.59. The molecular weight excluding hydrogens is 296 g/mol. The molecule has 1 N–H and O–H groups in total. The highest BCUT2D eigenvalue weighted by Gasteiger charge is 2.25. The minimum atomic E-state index is -3.11. The lowest BCUT2D eigenvalue weighted by Crippen LogP contribution is -2.36. The summed E-state index contributed by atoms with van der Waals surface area (Å²) in [6, 6.07) is 7.95. The second-order valence-corrected chi connectivity index (χ2v) is 7.81. The van der Waals surface area contributed by atoms with E-state index in [-0.39, 0.29) is 6.04 Å². The smallest absolute Gasteiger partial charge is 0.208 e. The number of nitrogens with zero attached hydrogens (tertiary/aromatic N) is 1. The predicted octanol–water partition coefficient (Wildman–Crippen LogP) is 2.07. The SMILES string of the molecule is CC(CN1CCC(NS(C)(=O)=O)C1)c1cccc(Cl)c1. The molecule has 1 aliphatic rings. The van der Waals surface area contributed by atoms with Crippen LogP contribution in [0.5, 0.6) is 0 Å². The van der Waals surface area contributed by atoms with Gasteiger partial charge in [-0.15, -0.1) is 0 Å². The van der Waals surface area contributed by atoms with E-state index in [2.05, 4.69) is 22.6 Å². The van der Waals surface area contributed by atoms with Crippen LogP contribution in [0.1, 0.15) is 24.8 Å². The van der Waals surface area contributed by atoms with E-state index in [4.69, 9.17) is 11.6 Å². The Morgan fingerprint density at radius 3 is 2.90 bits per heavy atom. The minimum absolute atomic E-state index is 0.0385. The third kappa shape index (κ3) is 4.74. The third-order valence-corrected chi connectivity index (χ3v) is 4.60. The van der Waals surface area contributed by atoms with E-state index in [0.717, 1.165) is 31.1 Å². The molecule has 1 aliphatic heterocycles. The molecule has 0 aliphatic carbocycles. The van der Waals surface area contributed by atoms with Gasteiger partial charge in [-0.25, -0.2) is 13.1 Å². The average molecular weight is 317 g/mol. The summed E-state index contributed by atoms with van der Waals surface area (Å²) in [5.41, 5.74) is 1.22. The van der Waals surface area contributed by atoms with E-state index in [1.54, 1.807) is 0 Å². The molecule has 0 bridgehead atoms. The van der Waals surface area contributed by atoms with Crippen molar-refractivity contribution >= 4 is 21.6 Å². The molecule has 20 heavy (non-hydrogen) atoms. The fraction of sp³-hybridized carbons (Fsp3) is 0.571. The topological polar surface area (TPSA) is 49.4 Å². The second kappa shape index (κ2) is 6.43. The van der Waals surface area contributed by atoms with E-state index in [9.17, 15) is 8.42 Å². The lowest BCUT2D eigenvalue weighted by molar-refractivity contribution is 0.315. The van der Waals surface area contributed by atoms with Gasteiger partial charge in [0.2, 0.25) is 10.0 Å². The zero-order valence-electron chi connectivity index (χ0n) is 11.8. The van der Waals surface area contributed by atoms with Crippen molar-refractivity contribution < 1.29 is 8.42 Å². The number of nitrogens with one attached hydrogen (secondary N) is 1. The fourth-order valence-corrected chi connectivity index (χ4v) is 3.70. The summed E-state index contributed by atoms with van der Waals surface area (Å²) in [5.74, 6) is 0.380. The van der Waals surface area contributed by atoms with Gasteiger partial charge in [-0.2, -0.15) is 0 Å². The van der Waals surface area contributed by atoms with Crippen LogP contribution >= 0.6 is 11.6 Å². The standard InChI is InChI=1S/C14H21ClN2O2S/c1-11(12-4-3-5-13(15)8-12)9-17-7-6-14(10-17)16-20(2,18)19/h3-5,8,11,14,16H,6-7,9-10H2,1-2H3. The first-order valence-corrected chi connectivity index (χ1v) is 9.05. The molecule has 112 valence electrons. The lowest BCUT2D eigenvalue weighted by Gasteiger charge is -2.21. The Bertz CT molecular complexity index is 562. The maximum absolute atomic E-state index is 11.2.